The van der Waals surface area contributed by atoms with Gasteiger partial charge in [-0.1, -0.05) is 48.5 Å². The van der Waals surface area contributed by atoms with Crippen molar-refractivity contribution in [2.24, 2.45) is 5.92 Å². The van der Waals surface area contributed by atoms with Crippen molar-refractivity contribution >= 4 is 11.9 Å². The van der Waals surface area contributed by atoms with Crippen molar-refractivity contribution in [3.63, 3.8) is 0 Å². The van der Waals surface area contributed by atoms with Gasteiger partial charge in [0.25, 0.3) is 0 Å². The highest BCUT2D eigenvalue weighted by molar-refractivity contribution is 5.90. The number of nitrogens with one attached hydrogen (secondary N) is 1. The third-order valence-corrected chi connectivity index (χ3v) is 4.73. The number of hydrogen-bond acceptors (Lipinski definition) is 2. The largest absolute Gasteiger partial charge is 0.480 e. The molecule has 0 bridgehead atoms. The summed E-state index contributed by atoms with van der Waals surface area (Å²) < 4.78 is 0. The van der Waals surface area contributed by atoms with Crippen LogP contribution in [-0.2, 0) is 9.59 Å². The van der Waals surface area contributed by atoms with Gasteiger partial charge in [0.2, 0.25) is 5.91 Å². The van der Waals surface area contributed by atoms with Gasteiger partial charge in [0.15, 0.2) is 0 Å². The molecular formula is C19H17NO3. The molecule has 0 spiro atoms. The SMILES string of the molecule is O=C(N[C@@H](C(=O)O)C1c2ccccc2-c2ccccc21)C1CC1. The molecule has 1 atom stereocenters. The molecule has 4 nitrogen and oxygen atoms in total. The first-order valence-electron chi connectivity index (χ1n) is 7.88. The van der Waals surface area contributed by atoms with E-state index in [9.17, 15) is 14.7 Å². The number of aliphatic carboxylic acids is 1. The average molecular weight is 307 g/mol. The number of fused-ring (bicyclic) bond motifs is 3. The number of carboxylic acids is 1. The van der Waals surface area contributed by atoms with Crippen LogP contribution in [0.3, 0.4) is 0 Å². The summed E-state index contributed by atoms with van der Waals surface area (Å²) in [6, 6.07) is 14.7. The average Bonchev–Trinajstić information content (AvgIpc) is 3.35. The van der Waals surface area contributed by atoms with Gasteiger partial charge in [-0.15, -0.1) is 0 Å². The fourth-order valence-electron chi connectivity index (χ4n) is 3.46. The molecule has 2 aromatic carbocycles. The smallest absolute Gasteiger partial charge is 0.327 e. The summed E-state index contributed by atoms with van der Waals surface area (Å²) >= 11 is 0. The summed E-state index contributed by atoms with van der Waals surface area (Å²) in [5.41, 5.74) is 4.05. The molecular weight excluding hydrogens is 290 g/mol. The highest BCUT2D eigenvalue weighted by atomic mass is 16.4. The summed E-state index contributed by atoms with van der Waals surface area (Å²) in [6.45, 7) is 0. The van der Waals surface area contributed by atoms with Crippen molar-refractivity contribution < 1.29 is 14.7 Å². The maximum absolute atomic E-state index is 12.1. The van der Waals surface area contributed by atoms with E-state index in [4.69, 9.17) is 0 Å². The topological polar surface area (TPSA) is 66.4 Å². The molecule has 4 heteroatoms. The van der Waals surface area contributed by atoms with Crippen LogP contribution >= 0.6 is 0 Å². The van der Waals surface area contributed by atoms with E-state index >= 15 is 0 Å². The Bertz CT molecular complexity index is 749. The van der Waals surface area contributed by atoms with Crippen LogP contribution in [0.4, 0.5) is 0 Å². The van der Waals surface area contributed by atoms with Crippen molar-refractivity contribution in [1.29, 1.82) is 0 Å². The summed E-state index contributed by atoms with van der Waals surface area (Å²) in [5.74, 6) is -1.49. The van der Waals surface area contributed by atoms with E-state index in [0.29, 0.717) is 0 Å². The van der Waals surface area contributed by atoms with Crippen LogP contribution in [0.15, 0.2) is 48.5 Å². The maximum atomic E-state index is 12.1. The quantitative estimate of drug-likeness (QED) is 0.913. The summed E-state index contributed by atoms with van der Waals surface area (Å²) in [7, 11) is 0. The number of benzene rings is 2. The van der Waals surface area contributed by atoms with Gasteiger partial charge in [-0.3, -0.25) is 4.79 Å². The Morgan fingerprint density at radius 3 is 1.96 bits per heavy atom. The molecule has 0 aromatic heterocycles. The molecule has 1 amide bonds. The standard InChI is InChI=1S/C19H17NO3/c21-18(11-9-10-11)20-17(19(22)23)16-14-7-3-1-5-12(14)13-6-2-4-8-15(13)16/h1-8,11,16-17H,9-10H2,(H,20,21)(H,22,23)/t17-/m1/s1. The van der Waals surface area contributed by atoms with Crippen LogP contribution in [0.2, 0.25) is 0 Å². The number of hydrogen-bond donors (Lipinski definition) is 2. The zero-order chi connectivity index (χ0) is 16.0. The molecule has 1 saturated carbocycles. The molecule has 0 radical (unpaired) electrons. The predicted molar refractivity (Wildman–Crippen MR) is 86.0 cm³/mol. The number of carbonyl (C=O) groups excluding carboxylic acids is 1. The Morgan fingerprint density at radius 2 is 1.48 bits per heavy atom. The lowest BCUT2D eigenvalue weighted by atomic mass is 9.89. The van der Waals surface area contributed by atoms with Crippen LogP contribution in [0, 0.1) is 5.92 Å². The monoisotopic (exact) mass is 307 g/mol. The minimum Gasteiger partial charge on any atom is -0.480 e. The second-order valence-electron chi connectivity index (χ2n) is 6.25. The second kappa shape index (κ2) is 5.23. The molecule has 23 heavy (non-hydrogen) atoms. The van der Waals surface area contributed by atoms with E-state index < -0.39 is 12.0 Å². The third kappa shape index (κ3) is 2.31. The minimum absolute atomic E-state index is 0.0104. The fraction of sp³-hybridized carbons (Fsp3) is 0.263. The molecule has 4 rings (SSSR count). The Balaban J connectivity index is 1.79. The van der Waals surface area contributed by atoms with Crippen LogP contribution in [0.1, 0.15) is 29.9 Å². The highest BCUT2D eigenvalue weighted by Gasteiger charge is 2.41. The lowest BCUT2D eigenvalue weighted by Gasteiger charge is -2.23. The van der Waals surface area contributed by atoms with Gasteiger partial charge in [0.1, 0.15) is 6.04 Å². The molecule has 0 aliphatic heterocycles. The van der Waals surface area contributed by atoms with Gasteiger partial charge in [0.05, 0.1) is 0 Å². The number of carboxylic acid groups (broad SMARTS) is 1. The van der Waals surface area contributed by atoms with E-state index in [1.807, 2.05) is 48.5 Å². The number of rotatable bonds is 4. The molecule has 2 aliphatic carbocycles. The van der Waals surface area contributed by atoms with E-state index in [2.05, 4.69) is 5.32 Å². The number of carbonyl (C=O) groups is 2. The van der Waals surface area contributed by atoms with Crippen LogP contribution in [0.5, 0.6) is 0 Å². The molecule has 0 heterocycles. The summed E-state index contributed by atoms with van der Waals surface area (Å²) in [4.78, 5) is 24.0. The van der Waals surface area contributed by atoms with E-state index in [1.54, 1.807) is 0 Å². The fourth-order valence-corrected chi connectivity index (χ4v) is 3.46. The predicted octanol–water partition coefficient (Wildman–Crippen LogP) is 2.78. The second-order valence-corrected chi connectivity index (χ2v) is 6.25. The van der Waals surface area contributed by atoms with E-state index in [-0.39, 0.29) is 17.7 Å². The van der Waals surface area contributed by atoms with Crippen molar-refractivity contribution in [3.05, 3.63) is 59.7 Å². The molecule has 116 valence electrons. The van der Waals surface area contributed by atoms with Gasteiger partial charge in [0, 0.05) is 11.8 Å². The van der Waals surface area contributed by atoms with Crippen molar-refractivity contribution in [2.45, 2.75) is 24.8 Å². The molecule has 0 saturated heterocycles. The minimum atomic E-state index is -0.990. The van der Waals surface area contributed by atoms with E-state index in [0.717, 1.165) is 35.1 Å². The molecule has 2 N–H and O–H groups in total. The Labute approximate surface area is 134 Å². The lowest BCUT2D eigenvalue weighted by Crippen LogP contribution is -2.45. The Morgan fingerprint density at radius 1 is 0.957 bits per heavy atom. The Kier molecular flexibility index (Phi) is 3.18. The molecule has 2 aromatic rings. The molecule has 0 unspecified atom stereocenters. The van der Waals surface area contributed by atoms with Crippen LogP contribution < -0.4 is 5.32 Å². The van der Waals surface area contributed by atoms with Crippen molar-refractivity contribution in [2.75, 3.05) is 0 Å². The van der Waals surface area contributed by atoms with Gasteiger partial charge >= 0.3 is 5.97 Å². The third-order valence-electron chi connectivity index (χ3n) is 4.73. The van der Waals surface area contributed by atoms with Crippen molar-refractivity contribution in [3.8, 4) is 11.1 Å². The van der Waals surface area contributed by atoms with E-state index in [1.165, 1.54) is 0 Å². The Hall–Kier alpha value is -2.62. The first kappa shape index (κ1) is 14.0. The normalized spacial score (nSPS) is 17.2. The zero-order valence-corrected chi connectivity index (χ0v) is 12.5. The first-order chi connectivity index (χ1) is 11.2. The molecule has 2 aliphatic rings. The number of amides is 1. The van der Waals surface area contributed by atoms with Gasteiger partial charge in [-0.25, -0.2) is 4.79 Å². The summed E-state index contributed by atoms with van der Waals surface area (Å²) in [5, 5.41) is 12.5. The van der Waals surface area contributed by atoms with Gasteiger partial charge in [-0.05, 0) is 35.1 Å². The summed E-state index contributed by atoms with van der Waals surface area (Å²) in [6.07, 6.45) is 1.71. The lowest BCUT2D eigenvalue weighted by molar-refractivity contribution is -0.142. The molecule has 1 fully saturated rings. The van der Waals surface area contributed by atoms with Crippen LogP contribution in [0.25, 0.3) is 11.1 Å². The zero-order valence-electron chi connectivity index (χ0n) is 12.5. The first-order valence-corrected chi connectivity index (χ1v) is 7.88. The van der Waals surface area contributed by atoms with Gasteiger partial charge in [-0.2, -0.15) is 0 Å². The van der Waals surface area contributed by atoms with Gasteiger partial charge < -0.3 is 10.4 Å². The van der Waals surface area contributed by atoms with Crippen molar-refractivity contribution in [1.82, 2.24) is 5.32 Å². The maximum Gasteiger partial charge on any atom is 0.327 e. The van der Waals surface area contributed by atoms with Crippen LogP contribution in [-0.4, -0.2) is 23.0 Å². The highest BCUT2D eigenvalue weighted by Crippen LogP contribution is 2.46.